The van der Waals surface area contributed by atoms with E-state index in [1.807, 2.05) is 14.1 Å². The zero-order chi connectivity index (χ0) is 19.2. The van der Waals surface area contributed by atoms with Gasteiger partial charge >= 0.3 is 9.24 Å². The van der Waals surface area contributed by atoms with Crippen LogP contribution in [-0.4, -0.2) is 69.3 Å². The summed E-state index contributed by atoms with van der Waals surface area (Å²) in [5.41, 5.74) is 0. The van der Waals surface area contributed by atoms with Crippen molar-refractivity contribution in [3.8, 4) is 0 Å². The molecule has 7 N–H and O–H groups in total. The van der Waals surface area contributed by atoms with Gasteiger partial charge in [0.05, 0.1) is 0 Å². The molecule has 0 amide bonds. The molecule has 0 fully saturated rings. The molecule has 0 aromatic carbocycles. The monoisotopic (exact) mass is 443 g/mol. The van der Waals surface area contributed by atoms with E-state index in [0.717, 1.165) is 10.4 Å². The van der Waals surface area contributed by atoms with E-state index in [-0.39, 0.29) is 5.48 Å². The van der Waals surface area contributed by atoms with E-state index in [2.05, 4.69) is 41.4 Å². The number of nitrogens with two attached hydrogens (primary N) is 2. The quantitative estimate of drug-likeness (QED) is 0.225. The van der Waals surface area contributed by atoms with Crippen LogP contribution in [-0.2, 0) is 33.5 Å². The fraction of sp³-hybridized carbons (Fsp3) is 0.800. The molecule has 0 radical (unpaired) electrons. The Morgan fingerprint density at radius 3 is 1.17 bits per heavy atom. The van der Waals surface area contributed by atoms with Crippen molar-refractivity contribution < 1.29 is 35.5 Å². The first-order chi connectivity index (χ1) is 9.42. The van der Waals surface area contributed by atoms with E-state index in [4.69, 9.17) is 4.79 Å². The van der Waals surface area contributed by atoms with Crippen LogP contribution in [0.4, 0.5) is 0 Å². The molecule has 0 aromatic heterocycles. The Morgan fingerprint density at radius 2 is 1.17 bits per heavy atom. The number of hydrogen-bond donors (Lipinski definition) is 3. The molecule has 0 heterocycles. The summed E-state index contributed by atoms with van der Waals surface area (Å²) in [6.07, 6.45) is 0.763. The third-order valence-electron chi connectivity index (χ3n) is 0.655. The van der Waals surface area contributed by atoms with Gasteiger partial charge in [-0.05, 0) is 14.1 Å². The second-order valence-corrected chi connectivity index (χ2v) is 9.08. The molecule has 0 spiro atoms. The third-order valence-corrected chi connectivity index (χ3v) is 2.17. The fourth-order valence-corrected chi connectivity index (χ4v) is 0.218. The van der Waals surface area contributed by atoms with Crippen LogP contribution in [0.2, 0.25) is 0 Å². The van der Waals surface area contributed by atoms with Gasteiger partial charge in [0, 0.05) is 35.5 Å². The van der Waals surface area contributed by atoms with Crippen LogP contribution in [0, 0.1) is 0 Å². The van der Waals surface area contributed by atoms with Gasteiger partial charge in [0.2, 0.25) is 0 Å². The lowest BCUT2D eigenvalue weighted by molar-refractivity contribution is 0.522. The van der Waals surface area contributed by atoms with Crippen molar-refractivity contribution in [2.24, 2.45) is 14.7 Å². The van der Waals surface area contributed by atoms with Crippen LogP contribution < -0.4 is 15.6 Å². The maximum atomic E-state index is 10.0. The molecule has 0 aliphatic heterocycles. The highest BCUT2D eigenvalue weighted by Crippen LogP contribution is 1.93. The minimum Gasteiger partial charge on any atom is -0.412 e. The molecule has 18 heteroatoms. The van der Waals surface area contributed by atoms with Crippen LogP contribution >= 0.6 is 21.4 Å². The molecule has 0 aliphatic carbocycles. The summed E-state index contributed by atoms with van der Waals surface area (Å²) in [6.45, 7) is 0. The molecule has 0 rings (SSSR count). The van der Waals surface area contributed by atoms with E-state index in [9.17, 15) is 25.3 Å². The number of nitrogens with zero attached hydrogens (tertiary/aromatic N) is 2. The lowest BCUT2D eigenvalue weighted by atomic mass is 11.3. The number of halogens is 2. The first-order valence-corrected chi connectivity index (χ1v) is 10.6. The molecular formula is C5H19Cl2N5O8S3. The number of hydrogen-bond acceptors (Lipinski definition) is 8. The fourth-order valence-electron chi connectivity index (χ4n) is 0.0445. The highest BCUT2D eigenvalue weighted by atomic mass is 35.7. The second-order valence-electron chi connectivity index (χ2n) is 2.90. The summed E-state index contributed by atoms with van der Waals surface area (Å²) in [6, 6.07) is 0. The summed E-state index contributed by atoms with van der Waals surface area (Å²) in [5, 5.41) is 11.4. The van der Waals surface area contributed by atoms with Crippen molar-refractivity contribution >= 4 is 56.1 Å². The van der Waals surface area contributed by atoms with Crippen molar-refractivity contribution in [2.45, 2.75) is 0 Å². The molecule has 0 saturated heterocycles. The minimum atomic E-state index is -4.00. The SMILES string of the molecule is CN(C)S(N)(=O)=O.CNC.NS(=O)(=O)Cl.O.O=C=NS(=O)(=O)Cl. The Labute approximate surface area is 144 Å². The number of carbonyl (C=O) groups excluding carboxylic acids is 1. The normalized spacial score (nSPS) is 10.1. The Morgan fingerprint density at radius 1 is 1.00 bits per heavy atom. The van der Waals surface area contributed by atoms with Crippen molar-refractivity contribution in [1.29, 1.82) is 0 Å². The second kappa shape index (κ2) is 16.5. The molecule has 23 heavy (non-hydrogen) atoms. The lowest BCUT2D eigenvalue weighted by Gasteiger charge is -2.02. The zero-order valence-corrected chi connectivity index (χ0v) is 16.3. The number of isocyanates is 1. The number of rotatable bonds is 2. The Kier molecular flexibility index (Phi) is 24.4. The largest absolute Gasteiger partial charge is 0.412 e. The van der Waals surface area contributed by atoms with Gasteiger partial charge in [-0.3, -0.25) is 0 Å². The number of nitrogens with one attached hydrogen (secondary N) is 1. The summed E-state index contributed by atoms with van der Waals surface area (Å²) >= 11 is 0. The van der Waals surface area contributed by atoms with E-state index in [1.165, 1.54) is 14.1 Å². The predicted octanol–water partition coefficient (Wildman–Crippen LogP) is -3.00. The molecule has 0 unspecified atom stereocenters. The van der Waals surface area contributed by atoms with Crippen molar-refractivity contribution in [3.63, 3.8) is 0 Å². The first-order valence-electron chi connectivity index (χ1n) is 4.47. The Balaban J connectivity index is -0.0000000643. The zero-order valence-electron chi connectivity index (χ0n) is 12.4. The summed E-state index contributed by atoms with van der Waals surface area (Å²) < 4.78 is 60.7. The molecule has 144 valence electrons. The highest BCUT2D eigenvalue weighted by molar-refractivity contribution is 8.12. The van der Waals surface area contributed by atoms with Crippen LogP contribution in [0.25, 0.3) is 0 Å². The van der Waals surface area contributed by atoms with Gasteiger partial charge in [-0.25, -0.2) is 15.1 Å². The van der Waals surface area contributed by atoms with Gasteiger partial charge in [-0.2, -0.15) is 29.6 Å². The molecule has 0 aromatic rings. The van der Waals surface area contributed by atoms with Gasteiger partial charge in [0.15, 0.2) is 0 Å². The molecule has 0 bridgehead atoms. The highest BCUT2D eigenvalue weighted by Gasteiger charge is 2.01. The summed E-state index contributed by atoms with van der Waals surface area (Å²) in [4.78, 5) is 9.07. The summed E-state index contributed by atoms with van der Waals surface area (Å²) in [5.74, 6) is 0. The topological polar surface area (TPSA) is 231 Å². The first kappa shape index (κ1) is 34.0. The third kappa shape index (κ3) is 90.0. The molecule has 0 aliphatic rings. The van der Waals surface area contributed by atoms with Crippen molar-refractivity contribution in [2.75, 3.05) is 28.2 Å². The lowest BCUT2D eigenvalue weighted by Crippen LogP contribution is -2.29. The van der Waals surface area contributed by atoms with Crippen molar-refractivity contribution in [1.82, 2.24) is 9.62 Å². The minimum absolute atomic E-state index is 0. The van der Waals surface area contributed by atoms with Crippen LogP contribution in [0.1, 0.15) is 0 Å². The van der Waals surface area contributed by atoms with E-state index in [1.54, 1.807) is 0 Å². The smallest absolute Gasteiger partial charge is 0.350 e. The molecule has 0 atom stereocenters. The van der Waals surface area contributed by atoms with Gasteiger partial charge < -0.3 is 10.8 Å². The van der Waals surface area contributed by atoms with Crippen LogP contribution in [0.3, 0.4) is 0 Å². The Bertz CT molecular complexity index is 617. The van der Waals surface area contributed by atoms with Crippen LogP contribution in [0.5, 0.6) is 0 Å². The van der Waals surface area contributed by atoms with Gasteiger partial charge in [0.1, 0.15) is 0 Å². The maximum Gasteiger partial charge on any atom is 0.350 e. The average Bonchev–Trinajstić information content (AvgIpc) is 2.12. The van der Waals surface area contributed by atoms with E-state index in [0.29, 0.717) is 0 Å². The molecular weight excluding hydrogens is 425 g/mol. The maximum absolute atomic E-state index is 10.0. The van der Waals surface area contributed by atoms with Gasteiger partial charge in [-0.15, -0.1) is 0 Å². The molecule has 13 nitrogen and oxygen atoms in total. The van der Waals surface area contributed by atoms with Crippen molar-refractivity contribution in [3.05, 3.63) is 0 Å². The van der Waals surface area contributed by atoms with Crippen LogP contribution in [0.15, 0.2) is 4.40 Å². The standard InChI is InChI=1S/C2H8N2O2S.C2H7N.CClNO3S.ClH2NO2S.H2O/c1-4(2)7(3,5)6;1-3-2;2-7(5,6)3-1-4;1-5(2,3)4;/h1-2H3,(H2,3,5,6);3H,1-2H3;;(H2,2,3,4);1H2. The van der Waals surface area contributed by atoms with Gasteiger partial charge in [-0.1, -0.05) is 4.40 Å². The molecule has 0 saturated carbocycles. The summed E-state index contributed by atoms with van der Waals surface area (Å²) in [7, 11) is 4.04. The Hall–Kier alpha value is -0.390. The van der Waals surface area contributed by atoms with E-state index < -0.39 is 28.7 Å². The predicted molar refractivity (Wildman–Crippen MR) is 87.2 cm³/mol. The van der Waals surface area contributed by atoms with Gasteiger partial charge in [0.25, 0.3) is 25.5 Å². The average molecular weight is 444 g/mol. The van der Waals surface area contributed by atoms with E-state index >= 15 is 0 Å².